The Bertz CT molecular complexity index is 1300. The van der Waals surface area contributed by atoms with Crippen LogP contribution < -0.4 is 5.32 Å². The number of hydrogen-bond acceptors (Lipinski definition) is 4. The SMILES string of the molecule is Cc1nn(-c2nc3ccc(Br)cc3s2)c2c1[C@H](c1cc(Cl)ccc1F)CC(=O)N2. The number of fused-ring (bicyclic) bond motifs is 2. The van der Waals surface area contributed by atoms with E-state index >= 15 is 0 Å². The number of rotatable bonds is 2. The van der Waals surface area contributed by atoms with Crippen molar-refractivity contribution in [3.8, 4) is 5.13 Å². The van der Waals surface area contributed by atoms with Crippen molar-refractivity contribution in [1.82, 2.24) is 14.8 Å². The van der Waals surface area contributed by atoms with Crippen LogP contribution in [-0.2, 0) is 4.79 Å². The van der Waals surface area contributed by atoms with Crippen molar-refractivity contribution in [2.24, 2.45) is 0 Å². The second kappa shape index (κ2) is 6.90. The second-order valence-corrected chi connectivity index (χ2v) is 9.20. The van der Waals surface area contributed by atoms with Gasteiger partial charge >= 0.3 is 0 Å². The number of aryl methyl sites for hydroxylation is 1. The molecule has 1 N–H and O–H groups in total. The van der Waals surface area contributed by atoms with Gasteiger partial charge in [-0.05, 0) is 48.9 Å². The lowest BCUT2D eigenvalue weighted by molar-refractivity contribution is -0.116. The van der Waals surface area contributed by atoms with Gasteiger partial charge in [0.15, 0.2) is 0 Å². The van der Waals surface area contributed by atoms with Crippen molar-refractivity contribution < 1.29 is 9.18 Å². The smallest absolute Gasteiger partial charge is 0.226 e. The molecule has 4 aromatic rings. The number of carbonyl (C=O) groups is 1. The molecule has 1 amide bonds. The minimum Gasteiger partial charge on any atom is -0.310 e. The Morgan fingerprint density at radius 1 is 1.31 bits per heavy atom. The van der Waals surface area contributed by atoms with Gasteiger partial charge in [0.25, 0.3) is 0 Å². The topological polar surface area (TPSA) is 59.8 Å². The van der Waals surface area contributed by atoms with Crippen molar-refractivity contribution in [1.29, 1.82) is 0 Å². The average Bonchev–Trinajstić information content (AvgIpc) is 3.23. The number of thiazole rings is 1. The molecular weight excluding hydrogens is 479 g/mol. The number of aromatic nitrogens is 3. The zero-order valence-corrected chi connectivity index (χ0v) is 18.2. The Morgan fingerprint density at radius 3 is 2.97 bits per heavy atom. The molecule has 9 heteroatoms. The fourth-order valence-electron chi connectivity index (χ4n) is 3.71. The lowest BCUT2D eigenvalue weighted by atomic mass is 9.85. The molecule has 0 bridgehead atoms. The Kier molecular flexibility index (Phi) is 4.45. The van der Waals surface area contributed by atoms with Crippen LogP contribution in [0.4, 0.5) is 10.2 Å². The molecule has 1 aliphatic heterocycles. The maximum absolute atomic E-state index is 14.6. The van der Waals surface area contributed by atoms with Gasteiger partial charge in [-0.25, -0.2) is 9.37 Å². The molecule has 5 rings (SSSR count). The van der Waals surface area contributed by atoms with Gasteiger partial charge in [0.1, 0.15) is 11.6 Å². The molecule has 1 atom stereocenters. The van der Waals surface area contributed by atoms with E-state index in [2.05, 4.69) is 31.3 Å². The number of hydrogen-bond donors (Lipinski definition) is 1. The van der Waals surface area contributed by atoms with Crippen LogP contribution in [0.1, 0.15) is 29.2 Å². The van der Waals surface area contributed by atoms with Gasteiger partial charge < -0.3 is 5.32 Å². The van der Waals surface area contributed by atoms with E-state index < -0.39 is 11.7 Å². The largest absolute Gasteiger partial charge is 0.310 e. The third kappa shape index (κ3) is 3.15. The summed E-state index contributed by atoms with van der Waals surface area (Å²) in [5.74, 6) is -0.528. The summed E-state index contributed by atoms with van der Waals surface area (Å²) in [6.45, 7) is 1.85. The van der Waals surface area contributed by atoms with Crippen LogP contribution in [0.25, 0.3) is 15.3 Å². The van der Waals surface area contributed by atoms with Gasteiger partial charge in [0.2, 0.25) is 11.0 Å². The normalized spacial score (nSPS) is 16.1. The Labute approximate surface area is 182 Å². The van der Waals surface area contributed by atoms with Gasteiger partial charge in [0, 0.05) is 27.4 Å². The van der Waals surface area contributed by atoms with Crippen LogP contribution in [0.5, 0.6) is 0 Å². The molecule has 2 aromatic heterocycles. The molecule has 0 radical (unpaired) electrons. The van der Waals surface area contributed by atoms with E-state index in [4.69, 9.17) is 11.6 Å². The van der Waals surface area contributed by atoms with E-state index in [-0.39, 0.29) is 12.3 Å². The molecule has 0 saturated carbocycles. The fourth-order valence-corrected chi connectivity index (χ4v) is 5.37. The maximum Gasteiger partial charge on any atom is 0.226 e. The molecular formula is C20H13BrClFN4OS. The average molecular weight is 492 g/mol. The first-order valence-corrected chi connectivity index (χ1v) is 10.8. The van der Waals surface area contributed by atoms with E-state index in [1.54, 1.807) is 10.7 Å². The fraction of sp³-hybridized carbons (Fsp3) is 0.150. The maximum atomic E-state index is 14.6. The summed E-state index contributed by atoms with van der Waals surface area (Å²) in [5, 5.41) is 8.59. The molecule has 0 saturated heterocycles. The predicted octanol–water partition coefficient (Wildman–Crippen LogP) is 5.82. The van der Waals surface area contributed by atoms with Crippen LogP contribution >= 0.6 is 38.9 Å². The van der Waals surface area contributed by atoms with Crippen LogP contribution in [0, 0.1) is 12.7 Å². The molecule has 0 fully saturated rings. The Morgan fingerprint density at radius 2 is 2.14 bits per heavy atom. The number of nitrogens with one attached hydrogen (secondary N) is 1. The minimum absolute atomic E-state index is 0.129. The molecule has 1 aliphatic rings. The summed E-state index contributed by atoms with van der Waals surface area (Å²) in [4.78, 5) is 17.1. The number of halogens is 3. The lowest BCUT2D eigenvalue weighted by Gasteiger charge is -2.24. The van der Waals surface area contributed by atoms with E-state index in [9.17, 15) is 9.18 Å². The van der Waals surface area contributed by atoms with Crippen LogP contribution in [-0.4, -0.2) is 20.7 Å². The highest BCUT2D eigenvalue weighted by atomic mass is 79.9. The summed E-state index contributed by atoms with van der Waals surface area (Å²) in [5.41, 5.74) is 2.73. The molecule has 0 spiro atoms. The monoisotopic (exact) mass is 490 g/mol. The van der Waals surface area contributed by atoms with E-state index in [0.717, 1.165) is 20.3 Å². The van der Waals surface area contributed by atoms with Crippen molar-refractivity contribution in [2.45, 2.75) is 19.3 Å². The van der Waals surface area contributed by atoms with Gasteiger partial charge in [-0.2, -0.15) is 9.78 Å². The first-order valence-electron chi connectivity index (χ1n) is 8.81. The number of carbonyl (C=O) groups excluding carboxylic acids is 1. The second-order valence-electron chi connectivity index (χ2n) is 6.84. The van der Waals surface area contributed by atoms with Gasteiger partial charge in [-0.15, -0.1) is 0 Å². The third-order valence-electron chi connectivity index (χ3n) is 4.96. The summed E-state index contributed by atoms with van der Waals surface area (Å²) in [6.07, 6.45) is 0.129. The third-order valence-corrected chi connectivity index (χ3v) is 6.68. The molecule has 5 nitrogen and oxygen atoms in total. The van der Waals surface area contributed by atoms with E-state index in [1.165, 1.54) is 23.5 Å². The molecule has 146 valence electrons. The lowest BCUT2D eigenvalue weighted by Crippen LogP contribution is -2.25. The first kappa shape index (κ1) is 18.7. The molecule has 3 heterocycles. The van der Waals surface area contributed by atoms with Crippen LogP contribution in [0.2, 0.25) is 5.02 Å². The quantitative estimate of drug-likeness (QED) is 0.384. The Hall–Kier alpha value is -2.29. The zero-order valence-electron chi connectivity index (χ0n) is 15.0. The van der Waals surface area contributed by atoms with Crippen LogP contribution in [0.15, 0.2) is 40.9 Å². The van der Waals surface area contributed by atoms with Gasteiger partial charge in [-0.3, -0.25) is 4.79 Å². The summed E-state index contributed by atoms with van der Waals surface area (Å²) in [6, 6.07) is 10.2. The standard InChI is InChI=1S/C20H13BrClFN4OS/c1-9-18-13(12-7-11(22)3-4-14(12)23)8-17(28)25-19(18)27(26-9)20-24-15-5-2-10(21)6-16(15)29-20/h2-7,13H,8H2,1H3,(H,25,28)/t13-/m0/s1. The van der Waals surface area contributed by atoms with Gasteiger partial charge in [-0.1, -0.05) is 38.9 Å². The zero-order chi connectivity index (χ0) is 20.3. The first-order chi connectivity index (χ1) is 13.9. The van der Waals surface area contributed by atoms with E-state index in [0.29, 0.717) is 27.2 Å². The number of amides is 1. The van der Waals surface area contributed by atoms with E-state index in [1.807, 2.05) is 25.1 Å². The van der Waals surface area contributed by atoms with Gasteiger partial charge in [0.05, 0.1) is 15.9 Å². The summed E-state index contributed by atoms with van der Waals surface area (Å²) in [7, 11) is 0. The molecule has 2 aromatic carbocycles. The van der Waals surface area contributed by atoms with Crippen molar-refractivity contribution in [3.05, 3.63) is 68.5 Å². The van der Waals surface area contributed by atoms with Crippen LogP contribution in [0.3, 0.4) is 0 Å². The molecule has 0 aliphatic carbocycles. The number of anilines is 1. The summed E-state index contributed by atoms with van der Waals surface area (Å²) >= 11 is 11.0. The minimum atomic E-state index is -0.463. The molecule has 0 unspecified atom stereocenters. The highest BCUT2D eigenvalue weighted by molar-refractivity contribution is 9.10. The Balaban J connectivity index is 1.69. The number of nitrogens with zero attached hydrogens (tertiary/aromatic N) is 3. The summed E-state index contributed by atoms with van der Waals surface area (Å²) < 4.78 is 18.2. The molecule has 29 heavy (non-hydrogen) atoms. The van der Waals surface area contributed by atoms with Crippen molar-refractivity contribution >= 4 is 60.8 Å². The predicted molar refractivity (Wildman–Crippen MR) is 116 cm³/mol. The highest BCUT2D eigenvalue weighted by Crippen LogP contribution is 2.42. The number of benzene rings is 2. The van der Waals surface area contributed by atoms with Crippen molar-refractivity contribution in [3.63, 3.8) is 0 Å². The highest BCUT2D eigenvalue weighted by Gasteiger charge is 2.34. The van der Waals surface area contributed by atoms with Crippen molar-refractivity contribution in [2.75, 3.05) is 5.32 Å².